The zero-order valence-electron chi connectivity index (χ0n) is 41.1. The Kier molecular flexibility index (Phi) is 45.7. The molecule has 0 heterocycles. The van der Waals surface area contributed by atoms with Gasteiger partial charge in [-0.2, -0.15) is 0 Å². The third-order valence-corrected chi connectivity index (χ3v) is 12.8. The second-order valence-corrected chi connectivity index (χ2v) is 19.2. The predicted molar refractivity (Wildman–Crippen MR) is 260 cm³/mol. The Morgan fingerprint density at radius 2 is 0.730 bits per heavy atom. The van der Waals surface area contributed by atoms with Gasteiger partial charge in [0.15, 0.2) is 0 Å². The molecule has 0 N–H and O–H groups in total. The standard InChI is InChI=1S/C54H94O7S.K/c1-3-5-7-9-11-13-15-17-19-21-23-25-27-29-31-33-35-37-39-41-43-48-60-53(55)50-46-45-47-51(62(57,58)59)52(50)54(56)61-49-44-42-40-38-36-34-32-30-28-26-24-22-20-18-16-14-12-10-8-6-4-2;/h7-10,45-47H,3-6,11-44,48-49H2,1-2H3,(H,57,58,59);/q;+1/p-1/b9-7+,10-8+;. The molecule has 63 heavy (non-hydrogen) atoms. The summed E-state index contributed by atoms with van der Waals surface area (Å²) >= 11 is 0. The van der Waals surface area contributed by atoms with Gasteiger partial charge in [0.05, 0.1) is 29.2 Å². The van der Waals surface area contributed by atoms with E-state index < -0.39 is 32.5 Å². The number of benzene rings is 1. The van der Waals surface area contributed by atoms with E-state index in [4.69, 9.17) is 9.47 Å². The average molecular weight is 925 g/mol. The fourth-order valence-electron chi connectivity index (χ4n) is 8.08. The maximum absolute atomic E-state index is 13.1. The first-order valence-electron chi connectivity index (χ1n) is 26.1. The monoisotopic (exact) mass is 925 g/mol. The van der Waals surface area contributed by atoms with Crippen molar-refractivity contribution in [2.24, 2.45) is 0 Å². The van der Waals surface area contributed by atoms with Crippen molar-refractivity contribution in [3.8, 4) is 0 Å². The van der Waals surface area contributed by atoms with Crippen molar-refractivity contribution in [3.63, 3.8) is 0 Å². The Morgan fingerprint density at radius 1 is 0.444 bits per heavy atom. The van der Waals surface area contributed by atoms with Gasteiger partial charge in [0.1, 0.15) is 10.1 Å². The fraction of sp³-hybridized carbons (Fsp3) is 0.778. The van der Waals surface area contributed by atoms with E-state index in [1.807, 2.05) is 0 Å². The zero-order chi connectivity index (χ0) is 45.0. The van der Waals surface area contributed by atoms with Crippen LogP contribution in [-0.2, 0) is 19.6 Å². The van der Waals surface area contributed by atoms with E-state index >= 15 is 0 Å². The number of carbonyl (C=O) groups is 2. The molecule has 0 bridgehead atoms. The number of carbonyl (C=O) groups excluding carboxylic acids is 2. The molecule has 0 aliphatic rings. The molecular weight excluding hydrogens is 832 g/mol. The first-order chi connectivity index (χ1) is 30.3. The summed E-state index contributed by atoms with van der Waals surface area (Å²) in [6, 6.07) is 3.65. The fourth-order valence-corrected chi connectivity index (χ4v) is 8.77. The molecule has 0 unspecified atom stereocenters. The van der Waals surface area contributed by atoms with Crippen molar-refractivity contribution in [1.29, 1.82) is 0 Å². The molecule has 9 heteroatoms. The molecule has 0 amide bonds. The minimum atomic E-state index is -5.02. The van der Waals surface area contributed by atoms with Gasteiger partial charge in [-0.1, -0.05) is 237 Å². The quantitative estimate of drug-likeness (QED) is 0.0211. The van der Waals surface area contributed by atoms with E-state index in [-0.39, 0.29) is 70.2 Å². The molecule has 0 atom stereocenters. The number of unbranched alkanes of at least 4 members (excludes halogenated alkanes) is 34. The first-order valence-corrected chi connectivity index (χ1v) is 27.5. The van der Waals surface area contributed by atoms with Gasteiger partial charge in [0, 0.05) is 0 Å². The van der Waals surface area contributed by atoms with Gasteiger partial charge in [0.25, 0.3) is 0 Å². The molecule has 358 valence electrons. The van der Waals surface area contributed by atoms with Crippen LogP contribution in [0.4, 0.5) is 0 Å². The summed E-state index contributed by atoms with van der Waals surface area (Å²) in [5.74, 6) is -1.80. The molecule has 0 spiro atoms. The topological polar surface area (TPSA) is 110 Å². The van der Waals surface area contributed by atoms with E-state index in [0.29, 0.717) is 12.8 Å². The molecule has 0 aliphatic carbocycles. The molecule has 0 saturated heterocycles. The maximum atomic E-state index is 13.1. The Morgan fingerprint density at radius 3 is 1.05 bits per heavy atom. The van der Waals surface area contributed by atoms with Crippen molar-refractivity contribution in [1.82, 2.24) is 0 Å². The van der Waals surface area contributed by atoms with Crippen LogP contribution in [0.2, 0.25) is 0 Å². The molecule has 0 fully saturated rings. The molecule has 0 saturated carbocycles. The Labute approximate surface area is 431 Å². The largest absolute Gasteiger partial charge is 1.00 e. The van der Waals surface area contributed by atoms with Crippen LogP contribution < -0.4 is 51.4 Å². The Balaban J connectivity index is 0.0000384. The van der Waals surface area contributed by atoms with Crippen molar-refractivity contribution >= 4 is 22.1 Å². The summed E-state index contributed by atoms with van der Waals surface area (Å²) in [6.07, 6.45) is 56.2. The number of hydrogen-bond acceptors (Lipinski definition) is 7. The van der Waals surface area contributed by atoms with Crippen molar-refractivity contribution in [2.75, 3.05) is 13.2 Å². The van der Waals surface area contributed by atoms with E-state index in [2.05, 4.69) is 38.2 Å². The number of esters is 2. The van der Waals surface area contributed by atoms with Gasteiger partial charge in [0.2, 0.25) is 0 Å². The van der Waals surface area contributed by atoms with Crippen LogP contribution in [0.25, 0.3) is 0 Å². The van der Waals surface area contributed by atoms with Crippen LogP contribution in [0.1, 0.15) is 279 Å². The van der Waals surface area contributed by atoms with Crippen LogP contribution in [0.15, 0.2) is 47.4 Å². The van der Waals surface area contributed by atoms with Crippen LogP contribution in [-0.4, -0.2) is 38.1 Å². The van der Waals surface area contributed by atoms with Gasteiger partial charge in [-0.05, 0) is 63.5 Å². The van der Waals surface area contributed by atoms with Gasteiger partial charge < -0.3 is 14.0 Å². The summed E-state index contributed by atoms with van der Waals surface area (Å²) < 4.78 is 47.0. The van der Waals surface area contributed by atoms with E-state index in [1.54, 1.807) is 0 Å². The molecule has 1 aromatic rings. The average Bonchev–Trinajstić information content (AvgIpc) is 3.26. The minimum absolute atomic E-state index is 0. The number of allylic oxidation sites excluding steroid dienone is 4. The summed E-state index contributed by atoms with van der Waals surface area (Å²) in [5.41, 5.74) is -0.768. The first kappa shape index (κ1) is 62.2. The van der Waals surface area contributed by atoms with Crippen LogP contribution in [0.5, 0.6) is 0 Å². The smallest absolute Gasteiger partial charge is 0.744 e. The Bertz CT molecular complexity index is 1380. The summed E-state index contributed by atoms with van der Waals surface area (Å²) in [7, 11) is -5.02. The third kappa shape index (κ3) is 37.9. The number of ether oxygens (including phenoxy) is 2. The van der Waals surface area contributed by atoms with Crippen molar-refractivity contribution in [2.45, 2.75) is 263 Å². The molecule has 0 aliphatic heterocycles. The molecule has 0 radical (unpaired) electrons. The number of hydrogen-bond donors (Lipinski definition) is 0. The second-order valence-electron chi connectivity index (χ2n) is 17.8. The van der Waals surface area contributed by atoms with Crippen LogP contribution >= 0.6 is 0 Å². The minimum Gasteiger partial charge on any atom is -0.744 e. The predicted octanol–water partition coefficient (Wildman–Crippen LogP) is 13.9. The van der Waals surface area contributed by atoms with E-state index in [0.717, 1.165) is 44.6 Å². The van der Waals surface area contributed by atoms with Gasteiger partial charge in [-0.15, -0.1) is 0 Å². The van der Waals surface area contributed by atoms with Gasteiger partial charge >= 0.3 is 63.3 Å². The summed E-state index contributed by atoms with van der Waals surface area (Å²) in [6.45, 7) is 4.71. The Hall–Kier alpha value is -0.814. The molecule has 1 rings (SSSR count). The van der Waals surface area contributed by atoms with E-state index in [1.165, 1.54) is 205 Å². The van der Waals surface area contributed by atoms with Gasteiger partial charge in [-0.3, -0.25) is 0 Å². The normalized spacial score (nSPS) is 11.7. The van der Waals surface area contributed by atoms with Crippen molar-refractivity contribution in [3.05, 3.63) is 53.6 Å². The van der Waals surface area contributed by atoms with Crippen LogP contribution in [0.3, 0.4) is 0 Å². The summed E-state index contributed by atoms with van der Waals surface area (Å²) in [5, 5.41) is 0. The second kappa shape index (κ2) is 46.3. The van der Waals surface area contributed by atoms with E-state index in [9.17, 15) is 22.6 Å². The van der Waals surface area contributed by atoms with Crippen molar-refractivity contribution < 1.29 is 83.4 Å². The van der Waals surface area contributed by atoms with Crippen LogP contribution in [0, 0.1) is 0 Å². The molecule has 0 aromatic heterocycles. The molecule has 1 aromatic carbocycles. The molecule has 7 nitrogen and oxygen atoms in total. The number of rotatable bonds is 45. The maximum Gasteiger partial charge on any atom is 1.00 e. The summed E-state index contributed by atoms with van der Waals surface area (Å²) in [4.78, 5) is 25.3. The SMILES string of the molecule is CCC/C=C/CCCCCCCCCCCCCCCCCCOC(=O)c1cccc(S(=O)(=O)[O-])c1C(=O)OCCCCCCCCCCCCCCCCCC/C=C/CCC.[K+]. The zero-order valence-corrected chi connectivity index (χ0v) is 45.0. The third-order valence-electron chi connectivity index (χ3n) is 12.0. The molecular formula is C54H93KO7S. The van der Waals surface area contributed by atoms with Gasteiger partial charge in [-0.25, -0.2) is 18.0 Å².